The molecule has 0 spiro atoms. The number of aldehydes is 1. The molecule has 2 rings (SSSR count). The molecule has 0 aliphatic heterocycles. The van der Waals surface area contributed by atoms with E-state index in [1.807, 2.05) is 12.1 Å². The molecule has 5 nitrogen and oxygen atoms in total. The van der Waals surface area contributed by atoms with E-state index in [0.29, 0.717) is 11.8 Å². The second kappa shape index (κ2) is 5.46. The molecule has 0 unspecified atom stereocenters. The van der Waals surface area contributed by atoms with E-state index < -0.39 is 5.78 Å². The van der Waals surface area contributed by atoms with Gasteiger partial charge in [0.1, 0.15) is 12.3 Å². The van der Waals surface area contributed by atoms with Crippen molar-refractivity contribution in [2.75, 3.05) is 13.2 Å². The minimum Gasteiger partial charge on any atom is -0.414 e. The lowest BCUT2D eigenvalue weighted by atomic mass is 10.1. The highest BCUT2D eigenvalue weighted by atomic mass is 16.7. The summed E-state index contributed by atoms with van der Waals surface area (Å²) in [6.45, 7) is 0.286. The van der Waals surface area contributed by atoms with Crippen LogP contribution < -0.4 is 4.84 Å². The van der Waals surface area contributed by atoms with Crippen LogP contribution in [0.3, 0.4) is 0 Å². The summed E-state index contributed by atoms with van der Waals surface area (Å²) in [5.74, 6) is -0.625. The number of carbonyl (C=O) groups excluding carboxylic acids is 2. The molecule has 0 bridgehead atoms. The largest absolute Gasteiger partial charge is 0.414 e. The zero-order valence-electron chi connectivity index (χ0n) is 9.70. The third-order valence-electron chi connectivity index (χ3n) is 2.57. The summed E-state index contributed by atoms with van der Waals surface area (Å²) < 4.78 is 1.30. The number of hydrogen-bond acceptors (Lipinski definition) is 4. The first kappa shape index (κ1) is 12.3. The number of aromatic nitrogens is 1. The van der Waals surface area contributed by atoms with Gasteiger partial charge in [-0.15, -0.1) is 0 Å². The van der Waals surface area contributed by atoms with Crippen molar-refractivity contribution >= 4 is 22.8 Å². The summed E-state index contributed by atoms with van der Waals surface area (Å²) in [7, 11) is 0. The van der Waals surface area contributed by atoms with Crippen molar-refractivity contribution in [2.45, 2.75) is 6.42 Å². The quantitative estimate of drug-likeness (QED) is 0.355. The van der Waals surface area contributed by atoms with Gasteiger partial charge in [-0.25, -0.2) is 0 Å². The Morgan fingerprint density at radius 3 is 2.89 bits per heavy atom. The molecular weight excluding hydrogens is 234 g/mol. The van der Waals surface area contributed by atoms with E-state index in [2.05, 4.69) is 0 Å². The summed E-state index contributed by atoms with van der Waals surface area (Å²) in [6, 6.07) is 7.23. The molecule has 0 aliphatic rings. The number of rotatable bonds is 6. The number of benzene rings is 1. The van der Waals surface area contributed by atoms with E-state index in [1.165, 1.54) is 4.73 Å². The Labute approximate surface area is 104 Å². The molecule has 0 saturated carbocycles. The van der Waals surface area contributed by atoms with Crippen LogP contribution in [0.15, 0.2) is 30.5 Å². The standard InChI is InChI=1S/C13H13NO4/c15-6-3-7-18-14-8-10-4-1-2-5-11(10)13(14)12(17)9-16/h1-2,4-5,8-9,15H,3,6-7H2. The van der Waals surface area contributed by atoms with Gasteiger partial charge in [0.2, 0.25) is 5.78 Å². The van der Waals surface area contributed by atoms with Crippen LogP contribution >= 0.6 is 0 Å². The van der Waals surface area contributed by atoms with Crippen molar-refractivity contribution in [1.29, 1.82) is 0 Å². The topological polar surface area (TPSA) is 68.5 Å². The molecule has 1 N–H and O–H groups in total. The Morgan fingerprint density at radius 2 is 2.17 bits per heavy atom. The first-order valence-corrected chi connectivity index (χ1v) is 5.61. The van der Waals surface area contributed by atoms with Gasteiger partial charge < -0.3 is 9.94 Å². The monoisotopic (exact) mass is 247 g/mol. The van der Waals surface area contributed by atoms with Gasteiger partial charge in [0.15, 0.2) is 6.29 Å². The molecule has 2 aromatic rings. The molecule has 0 fully saturated rings. The second-order valence-corrected chi connectivity index (χ2v) is 3.78. The van der Waals surface area contributed by atoms with E-state index in [1.54, 1.807) is 18.3 Å². The lowest BCUT2D eigenvalue weighted by molar-refractivity contribution is -0.104. The van der Waals surface area contributed by atoms with Crippen molar-refractivity contribution in [3.63, 3.8) is 0 Å². The summed E-state index contributed by atoms with van der Waals surface area (Å²) in [5, 5.41) is 10.2. The molecule has 1 aromatic carbocycles. The number of nitrogens with zero attached hydrogens (tertiary/aromatic N) is 1. The Bertz CT molecular complexity index is 573. The number of carbonyl (C=O) groups is 2. The first-order valence-electron chi connectivity index (χ1n) is 5.61. The Balaban J connectivity index is 2.43. The highest BCUT2D eigenvalue weighted by Gasteiger charge is 2.16. The van der Waals surface area contributed by atoms with Gasteiger partial charge in [0, 0.05) is 23.8 Å². The van der Waals surface area contributed by atoms with Gasteiger partial charge in [-0.3, -0.25) is 9.59 Å². The average molecular weight is 247 g/mol. The van der Waals surface area contributed by atoms with Gasteiger partial charge in [-0.2, -0.15) is 4.73 Å². The maximum atomic E-state index is 11.6. The fraction of sp³-hybridized carbons (Fsp3) is 0.231. The predicted octanol–water partition coefficient (Wildman–Crippen LogP) is 0.834. The van der Waals surface area contributed by atoms with Crippen LogP contribution in [0.2, 0.25) is 0 Å². The molecule has 0 amide bonds. The van der Waals surface area contributed by atoms with Gasteiger partial charge in [0.05, 0.1) is 6.20 Å². The van der Waals surface area contributed by atoms with Crippen LogP contribution in [0.5, 0.6) is 0 Å². The Morgan fingerprint density at radius 1 is 1.39 bits per heavy atom. The SMILES string of the molecule is O=CC(=O)c1c2ccccc2cn1OCCCO. The van der Waals surface area contributed by atoms with Crippen LogP contribution in [-0.4, -0.2) is 35.1 Å². The smallest absolute Gasteiger partial charge is 0.245 e. The molecule has 94 valence electrons. The molecule has 0 saturated heterocycles. The maximum absolute atomic E-state index is 11.6. The van der Waals surface area contributed by atoms with Gasteiger partial charge >= 0.3 is 0 Å². The van der Waals surface area contributed by atoms with Crippen molar-refractivity contribution in [2.24, 2.45) is 0 Å². The maximum Gasteiger partial charge on any atom is 0.245 e. The molecule has 0 aliphatic carbocycles. The van der Waals surface area contributed by atoms with Crippen LogP contribution in [0.1, 0.15) is 16.9 Å². The van der Waals surface area contributed by atoms with Gasteiger partial charge in [-0.1, -0.05) is 24.3 Å². The summed E-state index contributed by atoms with van der Waals surface area (Å²) in [5.41, 5.74) is 0.221. The third kappa shape index (κ3) is 2.26. The predicted molar refractivity (Wildman–Crippen MR) is 65.5 cm³/mol. The highest BCUT2D eigenvalue weighted by Crippen LogP contribution is 2.20. The summed E-state index contributed by atoms with van der Waals surface area (Å²) >= 11 is 0. The Hall–Kier alpha value is -2.14. The number of aliphatic hydroxyl groups is 1. The molecule has 5 heteroatoms. The van der Waals surface area contributed by atoms with Gasteiger partial charge in [0.25, 0.3) is 0 Å². The number of aliphatic hydroxyl groups excluding tert-OH is 1. The zero-order valence-corrected chi connectivity index (χ0v) is 9.70. The van der Waals surface area contributed by atoms with Gasteiger partial charge in [-0.05, 0) is 0 Å². The molecule has 1 heterocycles. The number of fused-ring (bicyclic) bond motifs is 1. The van der Waals surface area contributed by atoms with Crippen molar-refractivity contribution in [3.8, 4) is 0 Å². The zero-order chi connectivity index (χ0) is 13.0. The van der Waals surface area contributed by atoms with E-state index in [0.717, 1.165) is 5.39 Å². The lowest BCUT2D eigenvalue weighted by Crippen LogP contribution is -2.18. The summed E-state index contributed by atoms with van der Waals surface area (Å²) in [6.07, 6.45) is 2.39. The number of Topliss-reactive ketones (excluding diaryl/α,β-unsaturated/α-hetero) is 1. The van der Waals surface area contributed by atoms with Crippen LogP contribution in [0, 0.1) is 0 Å². The second-order valence-electron chi connectivity index (χ2n) is 3.78. The first-order chi connectivity index (χ1) is 8.77. The number of ketones is 1. The van der Waals surface area contributed by atoms with E-state index in [9.17, 15) is 9.59 Å². The average Bonchev–Trinajstić information content (AvgIpc) is 2.76. The molecule has 18 heavy (non-hydrogen) atoms. The van der Waals surface area contributed by atoms with E-state index >= 15 is 0 Å². The minimum atomic E-state index is -0.625. The number of hydrogen-bond donors (Lipinski definition) is 1. The Kier molecular flexibility index (Phi) is 3.74. The third-order valence-corrected chi connectivity index (χ3v) is 2.57. The molecule has 0 radical (unpaired) electrons. The van der Waals surface area contributed by atoms with Crippen molar-refractivity contribution in [1.82, 2.24) is 4.73 Å². The van der Waals surface area contributed by atoms with Crippen molar-refractivity contribution < 1.29 is 19.5 Å². The molecule has 1 aromatic heterocycles. The highest BCUT2D eigenvalue weighted by molar-refractivity contribution is 6.35. The van der Waals surface area contributed by atoms with Crippen LogP contribution in [0.4, 0.5) is 0 Å². The van der Waals surface area contributed by atoms with Crippen LogP contribution in [0.25, 0.3) is 10.8 Å². The fourth-order valence-electron chi connectivity index (χ4n) is 1.76. The summed E-state index contributed by atoms with van der Waals surface area (Å²) in [4.78, 5) is 27.7. The normalized spacial score (nSPS) is 10.5. The van der Waals surface area contributed by atoms with Crippen LogP contribution in [-0.2, 0) is 4.79 Å². The minimum absolute atomic E-state index is 0.0117. The lowest BCUT2D eigenvalue weighted by Gasteiger charge is -2.08. The molecule has 0 atom stereocenters. The fourth-order valence-corrected chi connectivity index (χ4v) is 1.76. The van der Waals surface area contributed by atoms with E-state index in [4.69, 9.17) is 9.94 Å². The van der Waals surface area contributed by atoms with E-state index in [-0.39, 0.29) is 25.2 Å². The molecular formula is C13H13NO4. The van der Waals surface area contributed by atoms with Crippen molar-refractivity contribution in [3.05, 3.63) is 36.2 Å².